The molecule has 2 nitrogen and oxygen atoms in total. The molecule has 0 fully saturated rings. The Balaban J connectivity index is 2.59. The normalized spacial score (nSPS) is 14.6. The Bertz CT molecular complexity index is 329. The van der Waals surface area contributed by atoms with Crippen molar-refractivity contribution in [3.63, 3.8) is 0 Å². The van der Waals surface area contributed by atoms with Gasteiger partial charge in [0.05, 0.1) is 6.61 Å². The van der Waals surface area contributed by atoms with E-state index in [0.29, 0.717) is 12.1 Å². The van der Waals surface area contributed by atoms with Crippen LogP contribution in [0, 0.1) is 13.8 Å². The van der Waals surface area contributed by atoms with Gasteiger partial charge in [-0.1, -0.05) is 29.3 Å². The molecule has 0 heterocycles. The van der Waals surface area contributed by atoms with E-state index >= 15 is 0 Å². The van der Waals surface area contributed by atoms with E-state index < -0.39 is 0 Å². The van der Waals surface area contributed by atoms with E-state index in [1.807, 2.05) is 6.92 Å². The first-order chi connectivity index (χ1) is 8.02. The third-order valence-corrected chi connectivity index (χ3v) is 2.85. The summed E-state index contributed by atoms with van der Waals surface area (Å²) in [6.45, 7) is 12.2. The second-order valence-electron chi connectivity index (χ2n) is 4.87. The second-order valence-corrected chi connectivity index (χ2v) is 4.87. The summed E-state index contributed by atoms with van der Waals surface area (Å²) in [6, 6.07) is 7.45. The van der Waals surface area contributed by atoms with Crippen LogP contribution >= 0.6 is 0 Å². The average Bonchev–Trinajstić information content (AvgIpc) is 2.25. The molecule has 96 valence electrons. The van der Waals surface area contributed by atoms with Crippen LogP contribution in [0.4, 0.5) is 0 Å². The molecule has 0 aliphatic rings. The largest absolute Gasteiger partial charge is 0.380 e. The minimum Gasteiger partial charge on any atom is -0.380 e. The molecule has 1 N–H and O–H groups in total. The molecule has 1 rings (SSSR count). The number of nitrogens with one attached hydrogen (secondary N) is 1. The number of hydrogen-bond donors (Lipinski definition) is 1. The maximum atomic E-state index is 5.42. The maximum Gasteiger partial charge on any atom is 0.0616 e. The van der Waals surface area contributed by atoms with Crippen LogP contribution in [0.25, 0.3) is 0 Å². The lowest BCUT2D eigenvalue weighted by Gasteiger charge is -2.21. The molecule has 1 aromatic rings. The van der Waals surface area contributed by atoms with Gasteiger partial charge in [-0.25, -0.2) is 0 Å². The van der Waals surface area contributed by atoms with Gasteiger partial charge in [0.1, 0.15) is 0 Å². The molecule has 0 aromatic heterocycles. The third-order valence-electron chi connectivity index (χ3n) is 2.85. The van der Waals surface area contributed by atoms with E-state index in [2.05, 4.69) is 51.2 Å². The van der Waals surface area contributed by atoms with E-state index in [9.17, 15) is 0 Å². The zero-order valence-electron chi connectivity index (χ0n) is 11.7. The Hall–Kier alpha value is -0.860. The van der Waals surface area contributed by atoms with E-state index in [4.69, 9.17) is 4.74 Å². The number of rotatable bonds is 6. The van der Waals surface area contributed by atoms with Crippen molar-refractivity contribution < 1.29 is 4.74 Å². The Morgan fingerprint density at radius 2 is 1.71 bits per heavy atom. The summed E-state index contributed by atoms with van der Waals surface area (Å²) in [6.07, 6.45) is 0. The SMILES string of the molecule is CCOCC(C)NC(C)c1cc(C)cc(C)c1. The molecular formula is C15H25NO. The zero-order chi connectivity index (χ0) is 12.8. The van der Waals surface area contributed by atoms with Crippen LogP contribution in [0.15, 0.2) is 18.2 Å². The van der Waals surface area contributed by atoms with Crippen LogP contribution in [0.5, 0.6) is 0 Å². The first-order valence-electron chi connectivity index (χ1n) is 6.45. The molecule has 0 spiro atoms. The molecule has 0 bridgehead atoms. The van der Waals surface area contributed by atoms with Crippen molar-refractivity contribution in [1.82, 2.24) is 5.32 Å². The minimum absolute atomic E-state index is 0.365. The molecule has 1 aromatic carbocycles. The second kappa shape index (κ2) is 6.77. The quantitative estimate of drug-likeness (QED) is 0.816. The molecule has 0 aliphatic heterocycles. The minimum atomic E-state index is 0.365. The number of hydrogen-bond acceptors (Lipinski definition) is 2. The van der Waals surface area contributed by atoms with Crippen molar-refractivity contribution >= 4 is 0 Å². The smallest absolute Gasteiger partial charge is 0.0616 e. The summed E-state index contributed by atoms with van der Waals surface area (Å²) in [5.41, 5.74) is 4.00. The van der Waals surface area contributed by atoms with Gasteiger partial charge in [0.25, 0.3) is 0 Å². The molecule has 2 atom stereocenters. The average molecular weight is 235 g/mol. The zero-order valence-corrected chi connectivity index (χ0v) is 11.7. The predicted octanol–water partition coefficient (Wildman–Crippen LogP) is 3.38. The fourth-order valence-corrected chi connectivity index (χ4v) is 2.13. The lowest BCUT2D eigenvalue weighted by atomic mass is 10.0. The van der Waals surface area contributed by atoms with Crippen molar-refractivity contribution in [2.24, 2.45) is 0 Å². The third kappa shape index (κ3) is 4.88. The first-order valence-corrected chi connectivity index (χ1v) is 6.45. The molecule has 0 saturated heterocycles. The maximum absolute atomic E-state index is 5.42. The van der Waals surface area contributed by atoms with E-state index in [1.165, 1.54) is 16.7 Å². The van der Waals surface area contributed by atoms with Gasteiger partial charge >= 0.3 is 0 Å². The van der Waals surface area contributed by atoms with E-state index in [0.717, 1.165) is 13.2 Å². The standard InChI is InChI=1S/C15H25NO/c1-6-17-10-13(4)16-14(5)15-8-11(2)7-12(3)9-15/h7-9,13-14,16H,6,10H2,1-5H3. The lowest BCUT2D eigenvalue weighted by molar-refractivity contribution is 0.124. The Labute approximate surface area is 105 Å². The molecule has 17 heavy (non-hydrogen) atoms. The van der Waals surface area contributed by atoms with Crippen LogP contribution in [-0.4, -0.2) is 19.3 Å². The molecule has 2 unspecified atom stereocenters. The Kier molecular flexibility index (Phi) is 5.66. The van der Waals surface area contributed by atoms with E-state index in [-0.39, 0.29) is 0 Å². The Morgan fingerprint density at radius 3 is 2.24 bits per heavy atom. The van der Waals surface area contributed by atoms with Crippen molar-refractivity contribution in [3.8, 4) is 0 Å². The molecule has 0 radical (unpaired) electrons. The molecule has 0 saturated carbocycles. The highest BCUT2D eigenvalue weighted by molar-refractivity contribution is 5.30. The molecule has 0 amide bonds. The first kappa shape index (κ1) is 14.2. The molecule has 2 heteroatoms. The summed E-state index contributed by atoms with van der Waals surface area (Å²) in [4.78, 5) is 0. The highest BCUT2D eigenvalue weighted by Crippen LogP contribution is 2.17. The van der Waals surface area contributed by atoms with Crippen LogP contribution in [0.2, 0.25) is 0 Å². The van der Waals surface area contributed by atoms with Gasteiger partial charge < -0.3 is 10.1 Å². The van der Waals surface area contributed by atoms with Gasteiger partial charge in [0.2, 0.25) is 0 Å². The van der Waals surface area contributed by atoms with Crippen molar-refractivity contribution in [1.29, 1.82) is 0 Å². The monoisotopic (exact) mass is 235 g/mol. The van der Waals surface area contributed by atoms with Crippen LogP contribution in [0.1, 0.15) is 43.5 Å². The van der Waals surface area contributed by atoms with Crippen LogP contribution < -0.4 is 5.32 Å². The van der Waals surface area contributed by atoms with Gasteiger partial charge in [-0.05, 0) is 40.2 Å². The number of benzene rings is 1. The Morgan fingerprint density at radius 1 is 1.12 bits per heavy atom. The van der Waals surface area contributed by atoms with Crippen LogP contribution in [-0.2, 0) is 4.74 Å². The van der Waals surface area contributed by atoms with Crippen molar-refractivity contribution in [3.05, 3.63) is 34.9 Å². The van der Waals surface area contributed by atoms with Crippen molar-refractivity contribution in [2.45, 2.75) is 46.7 Å². The van der Waals surface area contributed by atoms with Gasteiger partial charge in [-0.3, -0.25) is 0 Å². The molecular weight excluding hydrogens is 210 g/mol. The lowest BCUT2D eigenvalue weighted by Crippen LogP contribution is -2.32. The highest BCUT2D eigenvalue weighted by Gasteiger charge is 2.10. The van der Waals surface area contributed by atoms with Crippen LogP contribution in [0.3, 0.4) is 0 Å². The van der Waals surface area contributed by atoms with E-state index in [1.54, 1.807) is 0 Å². The number of ether oxygens (including phenoxy) is 1. The summed E-state index contributed by atoms with van der Waals surface area (Å²) < 4.78 is 5.42. The van der Waals surface area contributed by atoms with Gasteiger partial charge in [-0.2, -0.15) is 0 Å². The summed E-state index contributed by atoms with van der Waals surface area (Å²) in [5.74, 6) is 0. The number of aryl methyl sites for hydroxylation is 2. The summed E-state index contributed by atoms with van der Waals surface area (Å²) >= 11 is 0. The van der Waals surface area contributed by atoms with Gasteiger partial charge in [-0.15, -0.1) is 0 Å². The van der Waals surface area contributed by atoms with Crippen molar-refractivity contribution in [2.75, 3.05) is 13.2 Å². The summed E-state index contributed by atoms with van der Waals surface area (Å²) in [5, 5.41) is 3.56. The molecule has 0 aliphatic carbocycles. The fourth-order valence-electron chi connectivity index (χ4n) is 2.13. The van der Waals surface area contributed by atoms with Gasteiger partial charge in [0, 0.05) is 18.7 Å². The topological polar surface area (TPSA) is 21.3 Å². The predicted molar refractivity (Wildman–Crippen MR) is 73.4 cm³/mol. The highest BCUT2D eigenvalue weighted by atomic mass is 16.5. The van der Waals surface area contributed by atoms with Gasteiger partial charge in [0.15, 0.2) is 0 Å². The fraction of sp³-hybridized carbons (Fsp3) is 0.600. The summed E-state index contributed by atoms with van der Waals surface area (Å²) in [7, 11) is 0.